The molecule has 30 heavy (non-hydrogen) atoms. The first-order valence-corrected chi connectivity index (χ1v) is 10.4. The molecule has 1 aromatic carbocycles. The molecular weight excluding hydrogens is 402 g/mol. The SMILES string of the molecule is CN=C(NCc1nnc2ccccn12)NCC(c1ccc(Cl)cc1)N1CCOCC1. The third kappa shape index (κ3) is 4.89. The average Bonchev–Trinajstić information content (AvgIpc) is 3.21. The Balaban J connectivity index is 1.41. The van der Waals surface area contributed by atoms with Crippen molar-refractivity contribution in [3.8, 4) is 0 Å². The molecule has 0 saturated carbocycles. The Hall–Kier alpha value is -2.68. The molecule has 1 unspecified atom stereocenters. The van der Waals surface area contributed by atoms with E-state index in [4.69, 9.17) is 16.3 Å². The molecule has 2 N–H and O–H groups in total. The van der Waals surface area contributed by atoms with E-state index in [1.165, 1.54) is 5.56 Å². The van der Waals surface area contributed by atoms with Crippen molar-refractivity contribution in [1.82, 2.24) is 30.1 Å². The van der Waals surface area contributed by atoms with Crippen molar-refractivity contribution in [2.45, 2.75) is 12.6 Å². The highest BCUT2D eigenvalue weighted by Crippen LogP contribution is 2.23. The lowest BCUT2D eigenvalue weighted by molar-refractivity contribution is 0.0170. The number of hydrogen-bond donors (Lipinski definition) is 2. The number of ether oxygens (including phenoxy) is 1. The molecule has 158 valence electrons. The number of hydrogen-bond acceptors (Lipinski definition) is 5. The van der Waals surface area contributed by atoms with E-state index in [-0.39, 0.29) is 6.04 Å². The number of aromatic nitrogens is 3. The van der Waals surface area contributed by atoms with Crippen LogP contribution >= 0.6 is 11.6 Å². The monoisotopic (exact) mass is 427 g/mol. The minimum atomic E-state index is 0.193. The Labute approximate surface area is 180 Å². The van der Waals surface area contributed by atoms with Crippen LogP contribution < -0.4 is 10.6 Å². The summed E-state index contributed by atoms with van der Waals surface area (Å²) in [6.45, 7) is 4.52. The van der Waals surface area contributed by atoms with Gasteiger partial charge in [0.15, 0.2) is 17.4 Å². The second-order valence-corrected chi connectivity index (χ2v) is 7.50. The molecule has 2 aromatic heterocycles. The highest BCUT2D eigenvalue weighted by Gasteiger charge is 2.23. The number of nitrogens with zero attached hydrogens (tertiary/aromatic N) is 5. The molecular formula is C21H26ClN7O. The van der Waals surface area contributed by atoms with Gasteiger partial charge in [-0.1, -0.05) is 29.8 Å². The zero-order valence-electron chi connectivity index (χ0n) is 17.0. The Kier molecular flexibility index (Phi) is 6.78. The van der Waals surface area contributed by atoms with Crippen molar-refractivity contribution < 1.29 is 4.74 Å². The number of aliphatic imine (C=N–C) groups is 1. The van der Waals surface area contributed by atoms with Crippen LogP contribution in [0.1, 0.15) is 17.4 Å². The molecule has 1 aliphatic rings. The minimum absolute atomic E-state index is 0.193. The molecule has 0 aliphatic carbocycles. The fourth-order valence-corrected chi connectivity index (χ4v) is 3.75. The van der Waals surface area contributed by atoms with E-state index in [9.17, 15) is 0 Å². The van der Waals surface area contributed by atoms with Crippen LogP contribution in [0.25, 0.3) is 5.65 Å². The summed E-state index contributed by atoms with van der Waals surface area (Å²) in [5, 5.41) is 16.0. The zero-order valence-corrected chi connectivity index (χ0v) is 17.7. The van der Waals surface area contributed by atoms with Crippen LogP contribution in [0.15, 0.2) is 53.7 Å². The van der Waals surface area contributed by atoms with Crippen LogP contribution in [0.4, 0.5) is 0 Å². The maximum atomic E-state index is 6.09. The summed E-state index contributed by atoms with van der Waals surface area (Å²) in [6.07, 6.45) is 1.96. The normalized spacial score (nSPS) is 16.5. The number of nitrogens with one attached hydrogen (secondary N) is 2. The summed E-state index contributed by atoms with van der Waals surface area (Å²) in [6, 6.07) is 14.1. The second-order valence-electron chi connectivity index (χ2n) is 7.07. The van der Waals surface area contributed by atoms with E-state index in [0.29, 0.717) is 13.1 Å². The first kappa shape index (κ1) is 20.6. The smallest absolute Gasteiger partial charge is 0.191 e. The summed E-state index contributed by atoms with van der Waals surface area (Å²) >= 11 is 6.09. The number of guanidine groups is 1. The molecule has 0 spiro atoms. The zero-order chi connectivity index (χ0) is 20.8. The van der Waals surface area contributed by atoms with E-state index in [2.05, 4.69) is 42.9 Å². The molecule has 1 saturated heterocycles. The summed E-state index contributed by atoms with van der Waals surface area (Å²) in [4.78, 5) is 6.79. The van der Waals surface area contributed by atoms with Crippen LogP contribution in [0.3, 0.4) is 0 Å². The van der Waals surface area contributed by atoms with E-state index in [1.807, 2.05) is 40.9 Å². The molecule has 0 amide bonds. The highest BCUT2D eigenvalue weighted by molar-refractivity contribution is 6.30. The van der Waals surface area contributed by atoms with E-state index in [0.717, 1.165) is 48.8 Å². The van der Waals surface area contributed by atoms with Crippen LogP contribution in [0, 0.1) is 0 Å². The second kappa shape index (κ2) is 9.88. The van der Waals surface area contributed by atoms with Gasteiger partial charge in [-0.15, -0.1) is 10.2 Å². The van der Waals surface area contributed by atoms with Crippen molar-refractivity contribution in [2.75, 3.05) is 39.9 Å². The van der Waals surface area contributed by atoms with Crippen LogP contribution in [0.2, 0.25) is 5.02 Å². The predicted octanol–water partition coefficient (Wildman–Crippen LogP) is 2.12. The molecule has 3 aromatic rings. The van der Waals surface area contributed by atoms with Gasteiger partial charge in [0.1, 0.15) is 0 Å². The Bertz CT molecular complexity index is 982. The van der Waals surface area contributed by atoms with Crippen molar-refractivity contribution >= 4 is 23.2 Å². The third-order valence-corrected chi connectivity index (χ3v) is 5.48. The lowest BCUT2D eigenvalue weighted by atomic mass is 10.0. The van der Waals surface area contributed by atoms with Gasteiger partial charge in [-0.05, 0) is 29.8 Å². The number of morpholine rings is 1. The molecule has 1 fully saturated rings. The molecule has 0 radical (unpaired) electrons. The van der Waals surface area contributed by atoms with Crippen molar-refractivity contribution in [1.29, 1.82) is 0 Å². The van der Waals surface area contributed by atoms with Crippen LogP contribution in [0.5, 0.6) is 0 Å². The number of rotatable bonds is 6. The van der Waals surface area contributed by atoms with Gasteiger partial charge in [-0.2, -0.15) is 0 Å². The molecule has 3 heterocycles. The first-order valence-electron chi connectivity index (χ1n) is 10.0. The van der Waals surface area contributed by atoms with Crippen LogP contribution in [-0.4, -0.2) is 65.4 Å². The van der Waals surface area contributed by atoms with Gasteiger partial charge in [-0.25, -0.2) is 0 Å². The first-order chi connectivity index (χ1) is 14.7. The maximum absolute atomic E-state index is 6.09. The van der Waals surface area contributed by atoms with Crippen molar-refractivity contribution in [3.63, 3.8) is 0 Å². The van der Waals surface area contributed by atoms with Gasteiger partial charge in [0.2, 0.25) is 0 Å². The molecule has 4 rings (SSSR count). The molecule has 1 atom stereocenters. The third-order valence-electron chi connectivity index (χ3n) is 5.23. The van der Waals surface area contributed by atoms with Gasteiger partial charge < -0.3 is 15.4 Å². The Morgan fingerprint density at radius 3 is 2.70 bits per heavy atom. The number of benzene rings is 1. The van der Waals surface area contributed by atoms with Gasteiger partial charge in [0.25, 0.3) is 0 Å². The Morgan fingerprint density at radius 1 is 1.13 bits per heavy atom. The summed E-state index contributed by atoms with van der Waals surface area (Å²) < 4.78 is 7.50. The number of fused-ring (bicyclic) bond motifs is 1. The van der Waals surface area contributed by atoms with Gasteiger partial charge >= 0.3 is 0 Å². The minimum Gasteiger partial charge on any atom is -0.379 e. The quantitative estimate of drug-likeness (QED) is 0.463. The average molecular weight is 428 g/mol. The molecule has 0 bridgehead atoms. The molecule has 1 aliphatic heterocycles. The summed E-state index contributed by atoms with van der Waals surface area (Å²) in [5.74, 6) is 1.55. The Morgan fingerprint density at radius 2 is 1.93 bits per heavy atom. The summed E-state index contributed by atoms with van der Waals surface area (Å²) in [7, 11) is 1.77. The summed E-state index contributed by atoms with van der Waals surface area (Å²) in [5.41, 5.74) is 2.04. The van der Waals surface area contributed by atoms with Crippen LogP contribution in [-0.2, 0) is 11.3 Å². The van der Waals surface area contributed by atoms with Crippen molar-refractivity contribution in [2.24, 2.45) is 4.99 Å². The number of halogens is 1. The molecule has 9 heteroatoms. The lowest BCUT2D eigenvalue weighted by Gasteiger charge is -2.35. The largest absolute Gasteiger partial charge is 0.379 e. The van der Waals surface area contributed by atoms with E-state index < -0.39 is 0 Å². The highest BCUT2D eigenvalue weighted by atomic mass is 35.5. The topological polar surface area (TPSA) is 79.1 Å². The predicted molar refractivity (Wildman–Crippen MR) is 118 cm³/mol. The van der Waals surface area contributed by atoms with E-state index in [1.54, 1.807) is 7.05 Å². The van der Waals surface area contributed by atoms with Gasteiger partial charge in [0.05, 0.1) is 25.8 Å². The fraction of sp³-hybridized carbons (Fsp3) is 0.381. The van der Waals surface area contributed by atoms with Crippen molar-refractivity contribution in [3.05, 3.63) is 65.1 Å². The lowest BCUT2D eigenvalue weighted by Crippen LogP contribution is -2.46. The van der Waals surface area contributed by atoms with Gasteiger partial charge in [-0.3, -0.25) is 14.3 Å². The molecule has 8 nitrogen and oxygen atoms in total. The van der Waals surface area contributed by atoms with Gasteiger partial charge in [0, 0.05) is 37.9 Å². The number of pyridine rings is 1. The standard InChI is InChI=1S/C21H26ClN7O/c1-23-21(25-15-20-27-26-19-4-2-3-9-29(19)20)24-14-18(28-10-12-30-13-11-28)16-5-7-17(22)8-6-16/h2-9,18H,10-15H2,1H3,(H2,23,24,25). The van der Waals surface area contributed by atoms with E-state index >= 15 is 0 Å². The maximum Gasteiger partial charge on any atom is 0.191 e. The fourth-order valence-electron chi connectivity index (χ4n) is 3.62.